The number of aryl methyl sites for hydroxylation is 1. The fourth-order valence-electron chi connectivity index (χ4n) is 2.85. The summed E-state index contributed by atoms with van der Waals surface area (Å²) in [6, 6.07) is 17.7. The van der Waals surface area contributed by atoms with Crippen LogP contribution in [-0.4, -0.2) is 20.9 Å². The van der Waals surface area contributed by atoms with Gasteiger partial charge in [0.1, 0.15) is 0 Å². The molecule has 2 N–H and O–H groups in total. The molecule has 0 bridgehead atoms. The van der Waals surface area contributed by atoms with Crippen LogP contribution in [0, 0.1) is 6.92 Å². The van der Waals surface area contributed by atoms with E-state index in [1.807, 2.05) is 55.6 Å². The number of amides is 1. The fraction of sp³-hybridized carbons (Fsp3) is 0.227. The highest BCUT2D eigenvalue weighted by atomic mass is 32.2. The molecule has 1 aromatic heterocycles. The molecule has 1 unspecified atom stereocenters. The lowest BCUT2D eigenvalue weighted by molar-refractivity contribution is 0.0940. The molecule has 1 heterocycles. The number of benzene rings is 2. The summed E-state index contributed by atoms with van der Waals surface area (Å²) in [5.41, 5.74) is 2.59. The molecule has 1 atom stereocenters. The summed E-state index contributed by atoms with van der Waals surface area (Å²) in [7, 11) is -3.60. The van der Waals surface area contributed by atoms with Crippen LogP contribution in [-0.2, 0) is 16.4 Å². The van der Waals surface area contributed by atoms with Crippen LogP contribution in [0.15, 0.2) is 70.9 Å². The van der Waals surface area contributed by atoms with Crippen molar-refractivity contribution in [1.82, 2.24) is 10.0 Å². The quantitative estimate of drug-likeness (QED) is 0.568. The Bertz CT molecular complexity index is 1040. The minimum absolute atomic E-state index is 0.145. The smallest absolute Gasteiger partial charge is 0.251 e. The highest BCUT2D eigenvalue weighted by Crippen LogP contribution is 2.16. The highest BCUT2D eigenvalue weighted by molar-refractivity contribution is 7.89. The molecule has 0 spiro atoms. The van der Waals surface area contributed by atoms with Gasteiger partial charge in [-0.05, 0) is 61.5 Å². The minimum Gasteiger partial charge on any atom is -0.346 e. The van der Waals surface area contributed by atoms with Crippen molar-refractivity contribution in [1.29, 1.82) is 0 Å². The topological polar surface area (TPSA) is 75.3 Å². The van der Waals surface area contributed by atoms with Crippen molar-refractivity contribution in [2.45, 2.75) is 31.2 Å². The number of nitrogens with one attached hydrogen (secondary N) is 2. The Kier molecular flexibility index (Phi) is 6.84. The first-order valence-electron chi connectivity index (χ1n) is 9.35. The fourth-order valence-corrected chi connectivity index (χ4v) is 4.59. The van der Waals surface area contributed by atoms with Crippen molar-refractivity contribution in [3.63, 3.8) is 0 Å². The SMILES string of the molecule is Cc1ccc(C(C)NC(=O)c2ccc(S(=O)(=O)NCCc3cccs3)cc2)cc1. The molecule has 0 aliphatic carbocycles. The number of rotatable bonds is 8. The normalized spacial score (nSPS) is 12.5. The van der Waals surface area contributed by atoms with Gasteiger partial charge in [0, 0.05) is 17.0 Å². The first-order valence-corrected chi connectivity index (χ1v) is 11.7. The predicted molar refractivity (Wildman–Crippen MR) is 117 cm³/mol. The van der Waals surface area contributed by atoms with Gasteiger partial charge in [-0.2, -0.15) is 0 Å². The zero-order chi connectivity index (χ0) is 20.9. The maximum atomic E-state index is 12.5. The molecular weight excluding hydrogens is 404 g/mol. The van der Waals surface area contributed by atoms with E-state index in [0.29, 0.717) is 18.5 Å². The molecule has 5 nitrogen and oxygen atoms in total. The van der Waals surface area contributed by atoms with Crippen molar-refractivity contribution in [2.75, 3.05) is 6.54 Å². The average molecular weight is 429 g/mol. The number of carbonyl (C=O) groups is 1. The number of hydrogen-bond acceptors (Lipinski definition) is 4. The molecule has 29 heavy (non-hydrogen) atoms. The van der Waals surface area contributed by atoms with Crippen molar-refractivity contribution >= 4 is 27.3 Å². The van der Waals surface area contributed by atoms with Crippen LogP contribution < -0.4 is 10.0 Å². The number of thiophene rings is 1. The van der Waals surface area contributed by atoms with Gasteiger partial charge in [0.15, 0.2) is 0 Å². The lowest BCUT2D eigenvalue weighted by Crippen LogP contribution is -2.27. The van der Waals surface area contributed by atoms with Crippen molar-refractivity contribution in [2.24, 2.45) is 0 Å². The lowest BCUT2D eigenvalue weighted by Gasteiger charge is -2.15. The van der Waals surface area contributed by atoms with Gasteiger partial charge in [0.25, 0.3) is 5.91 Å². The summed E-state index contributed by atoms with van der Waals surface area (Å²) in [5.74, 6) is -0.243. The zero-order valence-corrected chi connectivity index (χ0v) is 18.0. The van der Waals surface area contributed by atoms with Crippen LogP contribution in [0.3, 0.4) is 0 Å². The van der Waals surface area contributed by atoms with Gasteiger partial charge in [0.05, 0.1) is 10.9 Å². The van der Waals surface area contributed by atoms with Crippen LogP contribution in [0.2, 0.25) is 0 Å². The van der Waals surface area contributed by atoms with E-state index in [1.165, 1.54) is 24.3 Å². The second kappa shape index (κ2) is 9.35. The Morgan fingerprint density at radius 3 is 2.34 bits per heavy atom. The lowest BCUT2D eigenvalue weighted by atomic mass is 10.1. The second-order valence-corrected chi connectivity index (χ2v) is 9.66. The molecule has 3 aromatic rings. The Labute approximate surface area is 175 Å². The largest absolute Gasteiger partial charge is 0.346 e. The molecule has 7 heteroatoms. The third-order valence-corrected chi connectivity index (χ3v) is 7.01. The monoisotopic (exact) mass is 428 g/mol. The van der Waals surface area contributed by atoms with Crippen molar-refractivity contribution in [3.05, 3.63) is 87.6 Å². The van der Waals surface area contributed by atoms with Gasteiger partial charge >= 0.3 is 0 Å². The standard InChI is InChI=1S/C22H24N2O3S2/c1-16-5-7-18(8-6-16)17(2)24-22(25)19-9-11-21(12-10-19)29(26,27)23-14-13-20-4-3-15-28-20/h3-12,15,17,23H,13-14H2,1-2H3,(H,24,25). The Balaban J connectivity index is 1.59. The average Bonchev–Trinajstić information content (AvgIpc) is 3.22. The van der Waals surface area contributed by atoms with Gasteiger partial charge in [-0.3, -0.25) is 4.79 Å². The molecule has 0 saturated carbocycles. The third-order valence-electron chi connectivity index (χ3n) is 4.60. The van der Waals surface area contributed by atoms with E-state index >= 15 is 0 Å². The predicted octanol–water partition coefficient (Wildman–Crippen LogP) is 4.07. The molecule has 0 aliphatic heterocycles. The van der Waals surface area contributed by atoms with Gasteiger partial charge in [-0.1, -0.05) is 35.9 Å². The molecule has 3 rings (SSSR count). The number of sulfonamides is 1. The Morgan fingerprint density at radius 1 is 1.03 bits per heavy atom. The molecule has 0 saturated heterocycles. The van der Waals surface area contributed by atoms with E-state index in [9.17, 15) is 13.2 Å². The molecular formula is C22H24N2O3S2. The van der Waals surface area contributed by atoms with Gasteiger partial charge in [-0.25, -0.2) is 13.1 Å². The Hall–Kier alpha value is -2.48. The van der Waals surface area contributed by atoms with Crippen molar-refractivity contribution < 1.29 is 13.2 Å². The molecule has 0 radical (unpaired) electrons. The summed E-state index contributed by atoms with van der Waals surface area (Å²) >= 11 is 1.60. The zero-order valence-electron chi connectivity index (χ0n) is 16.4. The van der Waals surface area contributed by atoms with Crippen LogP contribution >= 0.6 is 11.3 Å². The maximum Gasteiger partial charge on any atom is 0.251 e. The van der Waals surface area contributed by atoms with E-state index in [0.717, 1.165) is 16.0 Å². The van der Waals surface area contributed by atoms with Gasteiger partial charge in [-0.15, -0.1) is 11.3 Å². The minimum atomic E-state index is -3.60. The Morgan fingerprint density at radius 2 is 1.72 bits per heavy atom. The number of hydrogen-bond donors (Lipinski definition) is 2. The van der Waals surface area contributed by atoms with Crippen molar-refractivity contribution in [3.8, 4) is 0 Å². The maximum absolute atomic E-state index is 12.5. The summed E-state index contributed by atoms with van der Waals surface area (Å²) in [6.07, 6.45) is 0.647. The summed E-state index contributed by atoms with van der Waals surface area (Å²) in [4.78, 5) is 13.8. The van der Waals surface area contributed by atoms with Gasteiger partial charge < -0.3 is 5.32 Å². The molecule has 152 valence electrons. The van der Waals surface area contributed by atoms with E-state index < -0.39 is 10.0 Å². The molecule has 2 aromatic carbocycles. The summed E-state index contributed by atoms with van der Waals surface area (Å²) in [5, 5.41) is 4.90. The molecule has 0 fully saturated rings. The van der Waals surface area contributed by atoms with E-state index in [4.69, 9.17) is 0 Å². The molecule has 1 amide bonds. The van der Waals surface area contributed by atoms with Crippen LogP contribution in [0.4, 0.5) is 0 Å². The third kappa shape index (κ3) is 5.76. The van der Waals surface area contributed by atoms with Crippen LogP contribution in [0.1, 0.15) is 39.3 Å². The molecule has 0 aliphatic rings. The van der Waals surface area contributed by atoms with Crippen LogP contribution in [0.5, 0.6) is 0 Å². The van der Waals surface area contributed by atoms with E-state index in [1.54, 1.807) is 11.3 Å². The van der Waals surface area contributed by atoms with E-state index in [2.05, 4.69) is 10.0 Å². The summed E-state index contributed by atoms with van der Waals surface area (Å²) < 4.78 is 27.4. The van der Waals surface area contributed by atoms with E-state index in [-0.39, 0.29) is 16.8 Å². The first-order chi connectivity index (χ1) is 13.8. The highest BCUT2D eigenvalue weighted by Gasteiger charge is 2.16. The summed E-state index contributed by atoms with van der Waals surface area (Å²) in [6.45, 7) is 4.26. The van der Waals surface area contributed by atoms with Gasteiger partial charge in [0.2, 0.25) is 10.0 Å². The number of carbonyl (C=O) groups excluding carboxylic acids is 1. The first kappa shape index (κ1) is 21.2. The van der Waals surface area contributed by atoms with Crippen LogP contribution in [0.25, 0.3) is 0 Å². The second-order valence-electron chi connectivity index (χ2n) is 6.86.